The summed E-state index contributed by atoms with van der Waals surface area (Å²) in [4.78, 5) is 12.5. The summed E-state index contributed by atoms with van der Waals surface area (Å²) in [6, 6.07) is 76.4. The van der Waals surface area contributed by atoms with Crippen molar-refractivity contribution < 1.29 is 0 Å². The van der Waals surface area contributed by atoms with Crippen molar-refractivity contribution in [2.24, 2.45) is 0 Å². The van der Waals surface area contributed by atoms with Gasteiger partial charge in [0.25, 0.3) is 0 Å². The van der Waals surface area contributed by atoms with Crippen molar-refractivity contribution in [3.63, 3.8) is 0 Å². The van der Waals surface area contributed by atoms with E-state index in [1.807, 2.05) is 18.5 Å². The number of hydrogen-bond acceptors (Lipinski definition) is 3. The lowest BCUT2D eigenvalue weighted by molar-refractivity contribution is 0.638. The van der Waals surface area contributed by atoms with Crippen LogP contribution in [0.5, 0.6) is 0 Å². The van der Waals surface area contributed by atoms with E-state index in [0.29, 0.717) is 0 Å². The van der Waals surface area contributed by atoms with Crippen LogP contribution in [0.2, 0.25) is 0 Å². The van der Waals surface area contributed by atoms with E-state index in [1.54, 1.807) is 0 Å². The molecule has 5 heterocycles. The molecule has 1 aliphatic heterocycles. The molecule has 0 fully saturated rings. The van der Waals surface area contributed by atoms with Gasteiger partial charge in [0.15, 0.2) is 8.07 Å². The Bertz CT molecular complexity index is 3760. The van der Waals surface area contributed by atoms with Crippen LogP contribution in [-0.4, -0.2) is 27.0 Å². The Balaban J connectivity index is 1.12. The van der Waals surface area contributed by atoms with Gasteiger partial charge in [-0.15, -0.1) is 0 Å². The van der Waals surface area contributed by atoms with Gasteiger partial charge in [0.1, 0.15) is 11.5 Å². The molecule has 0 aliphatic carbocycles. The van der Waals surface area contributed by atoms with Gasteiger partial charge in [-0.2, -0.15) is 0 Å². The number of benzene rings is 8. The van der Waals surface area contributed by atoms with E-state index < -0.39 is 8.07 Å². The molecule has 0 amide bonds. The molecule has 0 spiro atoms. The average Bonchev–Trinajstić information content (AvgIpc) is 4.00. The van der Waals surface area contributed by atoms with Crippen molar-refractivity contribution in [1.82, 2.24) is 18.9 Å². The van der Waals surface area contributed by atoms with Crippen LogP contribution < -0.4 is 25.6 Å². The normalized spacial score (nSPS) is 13.5. The summed E-state index contributed by atoms with van der Waals surface area (Å²) in [5.41, 5.74) is 10.1. The van der Waals surface area contributed by atoms with E-state index >= 15 is 0 Å². The van der Waals surface area contributed by atoms with Gasteiger partial charge in [0, 0.05) is 51.2 Å². The Morgan fingerprint density at radius 1 is 0.446 bits per heavy atom. The SMILES string of the molecule is CC1(C)c2ccc([Si](c3ccccc3)(c3ccccc3)c3ccc4c5ccccc5n5ccnc5c4c3)cc2N(c2ccccn2)c2ccc3c(c21)c1ccccc1n3-c1ccccc1. The third kappa shape index (κ3) is 5.32. The van der Waals surface area contributed by atoms with E-state index in [0.717, 1.165) is 39.4 Å². The van der Waals surface area contributed by atoms with Gasteiger partial charge < -0.3 is 4.57 Å². The molecular weight excluding hydrogens is 807 g/mol. The maximum absolute atomic E-state index is 5.12. The second-order valence-electron chi connectivity index (χ2n) is 17.8. The van der Waals surface area contributed by atoms with E-state index in [-0.39, 0.29) is 5.41 Å². The highest BCUT2D eigenvalue weighted by molar-refractivity contribution is 7.20. The number of fused-ring (bicyclic) bond motifs is 12. The number of nitrogens with zero attached hydrogens (tertiary/aromatic N) is 5. The van der Waals surface area contributed by atoms with Crippen molar-refractivity contribution in [2.75, 3.05) is 4.90 Å². The molecule has 6 heteroatoms. The Hall–Kier alpha value is -8.06. The maximum Gasteiger partial charge on any atom is 0.179 e. The summed E-state index contributed by atoms with van der Waals surface area (Å²) in [7, 11) is -3.08. The molecular formula is C59H43N5Si. The number of para-hydroxylation sites is 3. The minimum atomic E-state index is -3.08. The lowest BCUT2D eigenvalue weighted by Crippen LogP contribution is -2.74. The van der Waals surface area contributed by atoms with Crippen LogP contribution in [0.3, 0.4) is 0 Å². The molecule has 0 unspecified atom stereocenters. The van der Waals surface area contributed by atoms with Gasteiger partial charge in [-0.3, -0.25) is 9.30 Å². The van der Waals surface area contributed by atoms with Gasteiger partial charge >= 0.3 is 0 Å². The topological polar surface area (TPSA) is 38.4 Å². The van der Waals surface area contributed by atoms with Crippen LogP contribution in [-0.2, 0) is 5.41 Å². The molecule has 308 valence electrons. The maximum atomic E-state index is 5.12. The Morgan fingerprint density at radius 3 is 1.83 bits per heavy atom. The molecule has 5 nitrogen and oxygen atoms in total. The van der Waals surface area contributed by atoms with Crippen LogP contribution >= 0.6 is 0 Å². The smallest absolute Gasteiger partial charge is 0.179 e. The van der Waals surface area contributed by atoms with Crippen molar-refractivity contribution >= 4 is 95.1 Å². The van der Waals surface area contributed by atoms with Crippen molar-refractivity contribution in [3.8, 4) is 5.69 Å². The summed E-state index contributed by atoms with van der Waals surface area (Å²) >= 11 is 0. The van der Waals surface area contributed by atoms with E-state index in [4.69, 9.17) is 9.97 Å². The van der Waals surface area contributed by atoms with Crippen molar-refractivity contribution in [1.29, 1.82) is 0 Å². The zero-order valence-electron chi connectivity index (χ0n) is 36.1. The third-order valence-corrected chi connectivity index (χ3v) is 18.9. The van der Waals surface area contributed by atoms with E-state index in [2.05, 4.69) is 234 Å². The van der Waals surface area contributed by atoms with Gasteiger partial charge in [-0.1, -0.05) is 166 Å². The largest absolute Gasteiger partial charge is 0.309 e. The van der Waals surface area contributed by atoms with Gasteiger partial charge in [-0.05, 0) is 91.9 Å². The number of hydrogen-bond donors (Lipinski definition) is 0. The average molecular weight is 850 g/mol. The highest BCUT2D eigenvalue weighted by Gasteiger charge is 2.45. The molecule has 0 atom stereocenters. The minimum Gasteiger partial charge on any atom is -0.309 e. The first kappa shape index (κ1) is 37.5. The standard InChI is InChI=1S/C59H43N5Si/c1-59(2)49-32-30-44(39-54(49)64(55-28-16-17-35-60-55)53-34-33-52-56(57(53)59)47-25-13-15-27-51(47)63(52)40-18-6-3-7-19-40)65(41-20-8-4-9-21-41,42-22-10-5-11-23-42)43-29-31-45-46-24-12-14-26-50(46)62-37-36-61-58(62)48(45)38-43/h3-39H,1-2H3. The zero-order valence-corrected chi connectivity index (χ0v) is 37.1. The quantitative estimate of drug-likeness (QED) is 0.0950. The molecule has 12 aromatic rings. The Kier molecular flexibility index (Phi) is 8.20. The van der Waals surface area contributed by atoms with Gasteiger partial charge in [0.05, 0.1) is 27.9 Å². The Morgan fingerprint density at radius 2 is 1.09 bits per heavy atom. The lowest BCUT2D eigenvalue weighted by Gasteiger charge is -2.43. The van der Waals surface area contributed by atoms with Crippen LogP contribution in [0.4, 0.5) is 17.2 Å². The van der Waals surface area contributed by atoms with Crippen LogP contribution in [0.25, 0.3) is 54.8 Å². The number of aromatic nitrogens is 4. The number of imidazole rings is 1. The van der Waals surface area contributed by atoms with Gasteiger partial charge in [0.2, 0.25) is 0 Å². The summed E-state index contributed by atoms with van der Waals surface area (Å²) in [6.45, 7) is 4.83. The zero-order chi connectivity index (χ0) is 43.3. The molecule has 65 heavy (non-hydrogen) atoms. The first-order valence-corrected chi connectivity index (χ1v) is 24.4. The highest BCUT2D eigenvalue weighted by Crippen LogP contribution is 2.55. The van der Waals surface area contributed by atoms with Crippen molar-refractivity contribution in [3.05, 3.63) is 236 Å². The summed E-state index contributed by atoms with van der Waals surface area (Å²) < 4.78 is 4.67. The highest BCUT2D eigenvalue weighted by atomic mass is 28.3. The minimum absolute atomic E-state index is 0.389. The van der Waals surface area contributed by atoms with Gasteiger partial charge in [-0.25, -0.2) is 9.97 Å². The molecule has 1 aliphatic rings. The number of anilines is 3. The second-order valence-corrected chi connectivity index (χ2v) is 21.6. The summed E-state index contributed by atoms with van der Waals surface area (Å²) in [5.74, 6) is 0.889. The van der Waals surface area contributed by atoms with Crippen LogP contribution in [0.15, 0.2) is 225 Å². The fourth-order valence-electron chi connectivity index (χ4n) is 11.4. The lowest BCUT2D eigenvalue weighted by atomic mass is 9.72. The predicted octanol–water partition coefficient (Wildman–Crippen LogP) is 11.6. The molecule has 0 bridgehead atoms. The van der Waals surface area contributed by atoms with Crippen LogP contribution in [0.1, 0.15) is 25.0 Å². The monoisotopic (exact) mass is 849 g/mol. The van der Waals surface area contributed by atoms with Crippen LogP contribution in [0, 0.1) is 0 Å². The third-order valence-electron chi connectivity index (χ3n) is 14.1. The fourth-order valence-corrected chi connectivity index (χ4v) is 16.1. The number of rotatable bonds is 6. The predicted molar refractivity (Wildman–Crippen MR) is 273 cm³/mol. The first-order chi connectivity index (χ1) is 32.0. The Labute approximate surface area is 378 Å². The molecule has 4 aromatic heterocycles. The first-order valence-electron chi connectivity index (χ1n) is 22.4. The molecule has 0 N–H and O–H groups in total. The number of pyridine rings is 2. The van der Waals surface area contributed by atoms with Crippen molar-refractivity contribution in [2.45, 2.75) is 19.3 Å². The van der Waals surface area contributed by atoms with E-state index in [9.17, 15) is 0 Å². The molecule has 0 saturated heterocycles. The molecule has 8 aromatic carbocycles. The van der Waals surface area contributed by atoms with E-state index in [1.165, 1.54) is 64.5 Å². The fraction of sp³-hybridized carbons (Fsp3) is 0.0508. The summed E-state index contributed by atoms with van der Waals surface area (Å²) in [5, 5.41) is 11.3. The summed E-state index contributed by atoms with van der Waals surface area (Å²) in [6.07, 6.45) is 5.93. The molecule has 0 saturated carbocycles. The molecule has 0 radical (unpaired) electrons. The molecule has 13 rings (SSSR count). The second kappa shape index (κ2) is 14.2.